The number of nitrogens with zero attached hydrogens (tertiary/aromatic N) is 3. The summed E-state index contributed by atoms with van der Waals surface area (Å²) >= 11 is 0. The van der Waals surface area contributed by atoms with E-state index in [2.05, 4.69) is 0 Å². The van der Waals surface area contributed by atoms with Crippen LogP contribution >= 0.6 is 0 Å². The maximum atomic E-state index is 12.8. The van der Waals surface area contributed by atoms with Gasteiger partial charge >= 0.3 is 6.03 Å². The van der Waals surface area contributed by atoms with Crippen molar-refractivity contribution in [2.45, 2.75) is 25.8 Å². The molecule has 6 heteroatoms. The molecule has 0 aliphatic carbocycles. The summed E-state index contributed by atoms with van der Waals surface area (Å²) < 4.78 is 0. The summed E-state index contributed by atoms with van der Waals surface area (Å²) in [5.41, 5.74) is 2.30. The average molecular weight is 377 g/mol. The minimum atomic E-state index is -0.264. The largest absolute Gasteiger partial charge is 0.338 e. The molecule has 2 aromatic carbocycles. The molecule has 28 heavy (non-hydrogen) atoms. The molecule has 2 saturated heterocycles. The van der Waals surface area contributed by atoms with E-state index in [-0.39, 0.29) is 30.4 Å². The first kappa shape index (κ1) is 18.2. The Morgan fingerprint density at radius 1 is 0.929 bits per heavy atom. The molecule has 0 atom stereocenters. The van der Waals surface area contributed by atoms with Crippen LogP contribution in [0.2, 0.25) is 0 Å². The van der Waals surface area contributed by atoms with Gasteiger partial charge in [-0.25, -0.2) is 9.69 Å². The zero-order valence-electron chi connectivity index (χ0n) is 15.9. The third-order valence-electron chi connectivity index (χ3n) is 5.57. The predicted molar refractivity (Wildman–Crippen MR) is 106 cm³/mol. The van der Waals surface area contributed by atoms with Gasteiger partial charge in [0.1, 0.15) is 6.54 Å². The lowest BCUT2D eigenvalue weighted by Crippen LogP contribution is -2.48. The highest BCUT2D eigenvalue weighted by Gasteiger charge is 2.41. The van der Waals surface area contributed by atoms with Crippen molar-refractivity contribution in [3.63, 3.8) is 0 Å². The number of amides is 4. The van der Waals surface area contributed by atoms with Crippen LogP contribution in [-0.2, 0) is 4.79 Å². The average Bonchev–Trinajstić information content (AvgIpc) is 3.02. The number of benzene rings is 2. The number of anilines is 1. The van der Waals surface area contributed by atoms with Gasteiger partial charge in [-0.3, -0.25) is 9.59 Å². The first-order valence-electron chi connectivity index (χ1n) is 9.60. The highest BCUT2D eigenvalue weighted by molar-refractivity contribution is 6.19. The fourth-order valence-electron chi connectivity index (χ4n) is 4.00. The van der Waals surface area contributed by atoms with Crippen molar-refractivity contribution in [2.24, 2.45) is 0 Å². The second-order valence-electron chi connectivity index (χ2n) is 7.31. The topological polar surface area (TPSA) is 60.9 Å². The molecule has 0 spiro atoms. The predicted octanol–water partition coefficient (Wildman–Crippen LogP) is 3.07. The lowest BCUT2D eigenvalue weighted by molar-refractivity contribution is -0.116. The molecule has 0 unspecified atom stereocenters. The molecule has 6 nitrogen and oxygen atoms in total. The number of para-hydroxylation sites is 1. The Balaban J connectivity index is 1.42. The summed E-state index contributed by atoms with van der Waals surface area (Å²) in [4.78, 5) is 42.8. The number of aryl methyl sites for hydroxylation is 1. The second-order valence-corrected chi connectivity index (χ2v) is 7.31. The lowest BCUT2D eigenvalue weighted by atomic mass is 10.0. The van der Waals surface area contributed by atoms with Gasteiger partial charge in [0.2, 0.25) is 0 Å². The Morgan fingerprint density at radius 3 is 2.25 bits per heavy atom. The number of urea groups is 1. The number of rotatable bonds is 3. The molecule has 2 heterocycles. The summed E-state index contributed by atoms with van der Waals surface area (Å²) in [7, 11) is 0. The Labute approximate surface area is 164 Å². The van der Waals surface area contributed by atoms with Crippen LogP contribution in [-0.4, -0.2) is 53.3 Å². The molecule has 2 fully saturated rings. The van der Waals surface area contributed by atoms with Crippen molar-refractivity contribution in [1.29, 1.82) is 0 Å². The van der Waals surface area contributed by atoms with Gasteiger partial charge in [-0.15, -0.1) is 0 Å². The van der Waals surface area contributed by atoms with Gasteiger partial charge in [-0.2, -0.15) is 0 Å². The van der Waals surface area contributed by atoms with Crippen LogP contribution in [0.5, 0.6) is 0 Å². The molecular weight excluding hydrogens is 354 g/mol. The van der Waals surface area contributed by atoms with E-state index in [9.17, 15) is 14.4 Å². The van der Waals surface area contributed by atoms with Gasteiger partial charge in [0.05, 0.1) is 5.69 Å². The molecule has 0 saturated carbocycles. The van der Waals surface area contributed by atoms with Crippen LogP contribution in [0.25, 0.3) is 0 Å². The maximum absolute atomic E-state index is 12.8. The van der Waals surface area contributed by atoms with Gasteiger partial charge in [0, 0.05) is 24.7 Å². The van der Waals surface area contributed by atoms with E-state index in [0.29, 0.717) is 31.6 Å². The van der Waals surface area contributed by atoms with Gasteiger partial charge in [0.25, 0.3) is 11.8 Å². The smallest absolute Gasteiger partial charge is 0.332 e. The van der Waals surface area contributed by atoms with Crippen LogP contribution in [0, 0.1) is 6.92 Å². The van der Waals surface area contributed by atoms with E-state index in [1.54, 1.807) is 17.0 Å². The van der Waals surface area contributed by atoms with Crippen molar-refractivity contribution in [3.05, 3.63) is 65.7 Å². The molecule has 2 aliphatic rings. The van der Waals surface area contributed by atoms with E-state index in [1.807, 2.05) is 54.3 Å². The number of imide groups is 1. The van der Waals surface area contributed by atoms with Gasteiger partial charge in [0.15, 0.2) is 0 Å². The molecule has 0 bridgehead atoms. The molecule has 4 rings (SSSR count). The monoisotopic (exact) mass is 377 g/mol. The Bertz CT molecular complexity index is 904. The fraction of sp³-hybridized carbons (Fsp3) is 0.318. The van der Waals surface area contributed by atoms with Crippen LogP contribution in [0.3, 0.4) is 0 Å². The molecule has 4 amide bonds. The number of piperidine rings is 1. The maximum Gasteiger partial charge on any atom is 0.332 e. The third kappa shape index (κ3) is 3.26. The quantitative estimate of drug-likeness (QED) is 0.773. The molecular formula is C22H23N3O3. The molecule has 0 N–H and O–H groups in total. The summed E-state index contributed by atoms with van der Waals surface area (Å²) in [5, 5.41) is 0. The number of likely N-dealkylation sites (tertiary alicyclic amines) is 1. The van der Waals surface area contributed by atoms with Crippen LogP contribution in [0.15, 0.2) is 54.6 Å². The lowest BCUT2D eigenvalue weighted by Gasteiger charge is -2.36. The first-order valence-corrected chi connectivity index (χ1v) is 9.60. The first-order chi connectivity index (χ1) is 13.6. The minimum Gasteiger partial charge on any atom is -0.338 e. The van der Waals surface area contributed by atoms with Crippen LogP contribution in [0.4, 0.5) is 10.5 Å². The number of carbonyl (C=O) groups is 3. The normalized spacial score (nSPS) is 18.1. The van der Waals surface area contributed by atoms with Crippen molar-refractivity contribution in [2.75, 3.05) is 24.5 Å². The van der Waals surface area contributed by atoms with E-state index >= 15 is 0 Å². The SMILES string of the molecule is Cc1ccccc1C(=O)N1CCC(N2CC(=O)N(c3ccccc3)C2=O)CC1. The number of carbonyl (C=O) groups excluding carboxylic acids is 3. The van der Waals surface area contributed by atoms with Gasteiger partial charge in [-0.05, 0) is 43.5 Å². The summed E-state index contributed by atoms with van der Waals surface area (Å²) in [6.07, 6.45) is 1.36. The zero-order chi connectivity index (χ0) is 19.7. The Kier molecular flexibility index (Phi) is 4.86. The molecule has 144 valence electrons. The molecule has 0 radical (unpaired) electrons. The standard InChI is InChI=1S/C22H23N3O3/c1-16-7-5-6-10-19(16)21(27)23-13-11-17(12-14-23)24-15-20(26)25(22(24)28)18-8-3-2-4-9-18/h2-10,17H,11-15H2,1H3. The van der Waals surface area contributed by atoms with Gasteiger partial charge < -0.3 is 9.80 Å². The summed E-state index contributed by atoms with van der Waals surface area (Å²) in [5.74, 6) is -0.166. The molecule has 2 aromatic rings. The van der Waals surface area contributed by atoms with Crippen molar-refractivity contribution in [3.8, 4) is 0 Å². The van der Waals surface area contributed by atoms with E-state index in [1.165, 1.54) is 4.90 Å². The minimum absolute atomic E-state index is 0.0221. The Morgan fingerprint density at radius 2 is 1.57 bits per heavy atom. The highest BCUT2D eigenvalue weighted by atomic mass is 16.2. The van der Waals surface area contributed by atoms with Crippen LogP contribution in [0.1, 0.15) is 28.8 Å². The van der Waals surface area contributed by atoms with E-state index < -0.39 is 0 Å². The zero-order valence-corrected chi connectivity index (χ0v) is 15.9. The van der Waals surface area contributed by atoms with E-state index in [4.69, 9.17) is 0 Å². The molecule has 0 aromatic heterocycles. The van der Waals surface area contributed by atoms with Crippen molar-refractivity contribution in [1.82, 2.24) is 9.80 Å². The highest BCUT2D eigenvalue weighted by Crippen LogP contribution is 2.27. The Hall–Kier alpha value is -3.15. The third-order valence-corrected chi connectivity index (χ3v) is 5.57. The van der Waals surface area contributed by atoms with E-state index in [0.717, 1.165) is 11.1 Å². The van der Waals surface area contributed by atoms with Crippen LogP contribution < -0.4 is 4.90 Å². The van der Waals surface area contributed by atoms with Gasteiger partial charge in [-0.1, -0.05) is 36.4 Å². The summed E-state index contributed by atoms with van der Waals surface area (Å²) in [6.45, 7) is 3.21. The number of hydrogen-bond donors (Lipinski definition) is 0. The van der Waals surface area contributed by atoms with Crippen molar-refractivity contribution < 1.29 is 14.4 Å². The van der Waals surface area contributed by atoms with Crippen molar-refractivity contribution >= 4 is 23.5 Å². The second kappa shape index (κ2) is 7.46. The number of hydrogen-bond acceptors (Lipinski definition) is 3. The fourth-order valence-corrected chi connectivity index (χ4v) is 4.00. The summed E-state index contributed by atoms with van der Waals surface area (Å²) in [6, 6.07) is 16.3. The molecule has 2 aliphatic heterocycles.